The summed E-state index contributed by atoms with van der Waals surface area (Å²) >= 11 is 1.38. The van der Waals surface area contributed by atoms with Gasteiger partial charge in [-0.15, -0.1) is 0 Å². The van der Waals surface area contributed by atoms with E-state index in [9.17, 15) is 9.59 Å². The molecule has 2 rings (SSSR count). The lowest BCUT2D eigenvalue weighted by Gasteiger charge is -2.13. The van der Waals surface area contributed by atoms with Crippen LogP contribution in [-0.4, -0.2) is 21.3 Å². The van der Waals surface area contributed by atoms with Crippen molar-refractivity contribution in [2.75, 3.05) is 6.61 Å². The molecule has 20 heavy (non-hydrogen) atoms. The minimum atomic E-state index is -0.438. The van der Waals surface area contributed by atoms with E-state index < -0.39 is 5.69 Å². The number of aromatic amines is 1. The maximum atomic E-state index is 11.9. The average molecular weight is 292 g/mol. The summed E-state index contributed by atoms with van der Waals surface area (Å²) in [5.41, 5.74) is -0.294. The molecule has 1 aromatic heterocycles. The summed E-state index contributed by atoms with van der Waals surface area (Å²) in [7, 11) is 0. The van der Waals surface area contributed by atoms with Crippen LogP contribution in [0, 0.1) is 6.92 Å². The SMILES string of the molecule is Cc1c(Sc2ccccc2)n(CCCO)c(=O)[nH]c1=O. The van der Waals surface area contributed by atoms with Crippen molar-refractivity contribution in [1.82, 2.24) is 9.55 Å². The Labute approximate surface area is 120 Å². The summed E-state index contributed by atoms with van der Waals surface area (Å²) in [5.74, 6) is 0. The first-order chi connectivity index (χ1) is 9.63. The van der Waals surface area contributed by atoms with Crippen LogP contribution in [0.15, 0.2) is 49.8 Å². The number of aliphatic hydroxyl groups excluding tert-OH is 1. The molecular weight excluding hydrogens is 276 g/mol. The van der Waals surface area contributed by atoms with Crippen LogP contribution in [0.3, 0.4) is 0 Å². The molecule has 0 aliphatic rings. The van der Waals surface area contributed by atoms with Gasteiger partial charge in [0.25, 0.3) is 5.56 Å². The van der Waals surface area contributed by atoms with Crippen molar-refractivity contribution < 1.29 is 5.11 Å². The number of nitrogens with zero attached hydrogens (tertiary/aromatic N) is 1. The molecule has 0 radical (unpaired) electrons. The number of aromatic nitrogens is 2. The molecule has 0 fully saturated rings. The lowest BCUT2D eigenvalue weighted by atomic mass is 10.3. The molecule has 2 aromatic rings. The molecular formula is C14H16N2O3S. The summed E-state index contributed by atoms with van der Waals surface area (Å²) in [6.07, 6.45) is 0.466. The molecule has 0 saturated heterocycles. The van der Waals surface area contributed by atoms with Crippen molar-refractivity contribution in [2.24, 2.45) is 0 Å². The maximum absolute atomic E-state index is 11.9. The van der Waals surface area contributed by atoms with Crippen LogP contribution in [0.4, 0.5) is 0 Å². The van der Waals surface area contributed by atoms with E-state index >= 15 is 0 Å². The van der Waals surface area contributed by atoms with Gasteiger partial charge in [0.05, 0.1) is 5.03 Å². The van der Waals surface area contributed by atoms with Gasteiger partial charge in [-0.1, -0.05) is 30.0 Å². The molecule has 0 aliphatic heterocycles. The summed E-state index contributed by atoms with van der Waals surface area (Å²) in [6, 6.07) is 9.56. The standard InChI is InChI=1S/C14H16N2O3S/c1-10-12(18)15-14(19)16(8-5-9-17)13(10)20-11-6-3-2-4-7-11/h2-4,6-7,17H,5,8-9H2,1H3,(H,15,18,19). The molecule has 0 aliphatic carbocycles. The van der Waals surface area contributed by atoms with Crippen molar-refractivity contribution in [3.05, 3.63) is 56.7 Å². The fraction of sp³-hybridized carbons (Fsp3) is 0.286. The topological polar surface area (TPSA) is 75.1 Å². The fourth-order valence-corrected chi connectivity index (χ4v) is 2.86. The predicted octanol–water partition coefficient (Wildman–Crippen LogP) is 1.38. The van der Waals surface area contributed by atoms with Crippen molar-refractivity contribution in [3.63, 3.8) is 0 Å². The van der Waals surface area contributed by atoms with E-state index in [-0.39, 0.29) is 12.2 Å². The van der Waals surface area contributed by atoms with Gasteiger partial charge in [-0.05, 0) is 25.5 Å². The van der Waals surface area contributed by atoms with Crippen LogP contribution in [0.25, 0.3) is 0 Å². The first-order valence-corrected chi connectivity index (χ1v) is 7.12. The van der Waals surface area contributed by atoms with Crippen molar-refractivity contribution in [3.8, 4) is 0 Å². The van der Waals surface area contributed by atoms with E-state index in [0.29, 0.717) is 23.6 Å². The Hall–Kier alpha value is -1.79. The Kier molecular flexibility index (Phi) is 4.81. The van der Waals surface area contributed by atoms with Gasteiger partial charge >= 0.3 is 5.69 Å². The molecule has 0 saturated carbocycles. The molecule has 0 amide bonds. The number of nitrogens with one attached hydrogen (secondary N) is 1. The summed E-state index contributed by atoms with van der Waals surface area (Å²) in [4.78, 5) is 26.9. The second-order valence-electron chi connectivity index (χ2n) is 4.33. The molecule has 0 bridgehead atoms. The molecule has 106 valence electrons. The van der Waals surface area contributed by atoms with Crippen molar-refractivity contribution in [1.29, 1.82) is 0 Å². The molecule has 0 spiro atoms. The molecule has 0 unspecified atom stereocenters. The van der Waals surface area contributed by atoms with Gasteiger partial charge in [-0.2, -0.15) is 0 Å². The van der Waals surface area contributed by atoms with Gasteiger partial charge < -0.3 is 5.11 Å². The molecule has 2 N–H and O–H groups in total. The molecule has 6 heteroatoms. The van der Waals surface area contributed by atoms with Crippen LogP contribution >= 0.6 is 11.8 Å². The van der Waals surface area contributed by atoms with E-state index in [4.69, 9.17) is 5.11 Å². The smallest absolute Gasteiger partial charge is 0.329 e. The van der Waals surface area contributed by atoms with Crippen LogP contribution in [0.5, 0.6) is 0 Å². The largest absolute Gasteiger partial charge is 0.396 e. The molecule has 5 nitrogen and oxygen atoms in total. The second-order valence-corrected chi connectivity index (χ2v) is 5.40. The zero-order valence-electron chi connectivity index (χ0n) is 11.1. The predicted molar refractivity (Wildman–Crippen MR) is 78.3 cm³/mol. The zero-order chi connectivity index (χ0) is 14.5. The van der Waals surface area contributed by atoms with Gasteiger partial charge in [-0.25, -0.2) is 4.79 Å². The van der Waals surface area contributed by atoms with Gasteiger partial charge in [0.1, 0.15) is 0 Å². The number of hydrogen-bond acceptors (Lipinski definition) is 4. The van der Waals surface area contributed by atoms with E-state index in [2.05, 4.69) is 4.98 Å². The number of hydrogen-bond donors (Lipinski definition) is 2. The monoisotopic (exact) mass is 292 g/mol. The van der Waals surface area contributed by atoms with Gasteiger partial charge in [0.2, 0.25) is 0 Å². The Balaban J connectivity index is 2.48. The minimum Gasteiger partial charge on any atom is -0.396 e. The third-order valence-electron chi connectivity index (χ3n) is 2.87. The van der Waals surface area contributed by atoms with Crippen molar-refractivity contribution in [2.45, 2.75) is 29.8 Å². The van der Waals surface area contributed by atoms with Crippen LogP contribution in [0.2, 0.25) is 0 Å². The van der Waals surface area contributed by atoms with E-state index in [0.717, 1.165) is 4.90 Å². The first-order valence-electron chi connectivity index (χ1n) is 6.31. The normalized spacial score (nSPS) is 10.7. The fourth-order valence-electron chi connectivity index (χ4n) is 1.81. The highest BCUT2D eigenvalue weighted by atomic mass is 32.2. The van der Waals surface area contributed by atoms with Gasteiger partial charge in [0.15, 0.2) is 0 Å². The molecule has 0 atom stereocenters. The number of H-pyrrole nitrogens is 1. The van der Waals surface area contributed by atoms with Crippen LogP contribution < -0.4 is 11.2 Å². The van der Waals surface area contributed by atoms with Crippen LogP contribution in [0.1, 0.15) is 12.0 Å². The minimum absolute atomic E-state index is 0.0000572. The highest BCUT2D eigenvalue weighted by Gasteiger charge is 2.12. The Morgan fingerprint density at radius 1 is 1.25 bits per heavy atom. The maximum Gasteiger partial charge on any atom is 0.329 e. The highest BCUT2D eigenvalue weighted by molar-refractivity contribution is 7.99. The average Bonchev–Trinajstić information content (AvgIpc) is 2.45. The zero-order valence-corrected chi connectivity index (χ0v) is 11.9. The summed E-state index contributed by atoms with van der Waals surface area (Å²) < 4.78 is 1.50. The summed E-state index contributed by atoms with van der Waals surface area (Å²) in [5, 5.41) is 9.55. The lowest BCUT2D eigenvalue weighted by molar-refractivity contribution is 0.276. The van der Waals surface area contributed by atoms with Gasteiger partial charge in [0, 0.05) is 23.6 Å². The van der Waals surface area contributed by atoms with E-state index in [1.54, 1.807) is 6.92 Å². The third kappa shape index (κ3) is 3.20. The second kappa shape index (κ2) is 6.58. The summed E-state index contributed by atoms with van der Waals surface area (Å²) in [6.45, 7) is 2.07. The van der Waals surface area contributed by atoms with E-state index in [1.807, 2.05) is 30.3 Å². The molecule has 1 heterocycles. The quantitative estimate of drug-likeness (QED) is 0.816. The number of rotatable bonds is 5. The third-order valence-corrected chi connectivity index (χ3v) is 4.10. The molecule has 1 aromatic carbocycles. The van der Waals surface area contributed by atoms with Crippen LogP contribution in [-0.2, 0) is 6.54 Å². The Morgan fingerprint density at radius 2 is 1.95 bits per heavy atom. The number of aliphatic hydroxyl groups is 1. The Bertz CT molecular complexity index is 692. The number of benzene rings is 1. The van der Waals surface area contributed by atoms with E-state index in [1.165, 1.54) is 16.3 Å². The first kappa shape index (κ1) is 14.6. The Morgan fingerprint density at radius 3 is 2.60 bits per heavy atom. The van der Waals surface area contributed by atoms with Gasteiger partial charge in [-0.3, -0.25) is 14.3 Å². The van der Waals surface area contributed by atoms with Crippen molar-refractivity contribution >= 4 is 11.8 Å². The lowest BCUT2D eigenvalue weighted by Crippen LogP contribution is -2.33. The highest BCUT2D eigenvalue weighted by Crippen LogP contribution is 2.27.